The minimum Gasteiger partial charge on any atom is -0.376 e. The number of anilines is 1. The first-order valence-corrected chi connectivity index (χ1v) is 9.74. The van der Waals surface area contributed by atoms with Gasteiger partial charge in [-0.25, -0.2) is 0 Å². The fraction of sp³-hybridized carbons (Fsp3) is 0.217. The third-order valence-electron chi connectivity index (χ3n) is 4.95. The minimum atomic E-state index is -0.265. The standard InChI is InChI=1S/C23H23N3O3/c27-22(17-7-5-8-18(15-17)26-12-3-4-13-26)25-21-11-2-1-10-20(21)23(28)24-16-19-9-6-14-29-19/h1-5,7-8,10-13,15,19H,6,9,14,16H2,(H,24,28)(H,25,27). The van der Waals surface area contributed by atoms with E-state index in [9.17, 15) is 9.59 Å². The summed E-state index contributed by atoms with van der Waals surface area (Å²) in [4.78, 5) is 25.4. The van der Waals surface area contributed by atoms with Gasteiger partial charge in [0.1, 0.15) is 0 Å². The van der Waals surface area contributed by atoms with Crippen LogP contribution >= 0.6 is 0 Å². The zero-order valence-electron chi connectivity index (χ0n) is 16.0. The summed E-state index contributed by atoms with van der Waals surface area (Å²) in [7, 11) is 0. The highest BCUT2D eigenvalue weighted by Gasteiger charge is 2.18. The number of carbonyl (C=O) groups is 2. The molecule has 0 radical (unpaired) electrons. The summed E-state index contributed by atoms with van der Waals surface area (Å²) in [5, 5.41) is 5.77. The van der Waals surface area contributed by atoms with Crippen molar-refractivity contribution >= 4 is 17.5 Å². The number of para-hydroxylation sites is 1. The van der Waals surface area contributed by atoms with Crippen LogP contribution in [0.4, 0.5) is 5.69 Å². The summed E-state index contributed by atoms with van der Waals surface area (Å²) < 4.78 is 7.48. The van der Waals surface area contributed by atoms with E-state index in [1.165, 1.54) is 0 Å². The Labute approximate surface area is 169 Å². The van der Waals surface area contributed by atoms with Crippen LogP contribution in [-0.2, 0) is 4.74 Å². The number of hydrogen-bond acceptors (Lipinski definition) is 3. The topological polar surface area (TPSA) is 72.4 Å². The molecule has 1 fully saturated rings. The Morgan fingerprint density at radius 1 is 1.00 bits per heavy atom. The Kier molecular flexibility index (Phi) is 5.72. The number of amides is 2. The van der Waals surface area contributed by atoms with Gasteiger partial charge in [-0.1, -0.05) is 18.2 Å². The molecule has 1 aliphatic rings. The molecule has 0 saturated carbocycles. The van der Waals surface area contributed by atoms with Gasteiger partial charge >= 0.3 is 0 Å². The molecule has 1 unspecified atom stereocenters. The lowest BCUT2D eigenvalue weighted by molar-refractivity contribution is 0.0858. The molecule has 6 nitrogen and oxygen atoms in total. The van der Waals surface area contributed by atoms with Crippen LogP contribution < -0.4 is 10.6 Å². The average molecular weight is 389 g/mol. The quantitative estimate of drug-likeness (QED) is 0.676. The van der Waals surface area contributed by atoms with Crippen LogP contribution in [0.5, 0.6) is 0 Å². The number of nitrogens with one attached hydrogen (secondary N) is 2. The second kappa shape index (κ2) is 8.75. The molecule has 148 valence electrons. The van der Waals surface area contributed by atoms with Gasteiger partial charge in [0.05, 0.1) is 17.4 Å². The van der Waals surface area contributed by atoms with Gasteiger partial charge in [0.2, 0.25) is 0 Å². The van der Waals surface area contributed by atoms with Crippen molar-refractivity contribution in [3.05, 3.63) is 84.2 Å². The van der Waals surface area contributed by atoms with E-state index in [1.54, 1.807) is 30.3 Å². The molecule has 0 spiro atoms. The van der Waals surface area contributed by atoms with Gasteiger partial charge in [0.25, 0.3) is 11.8 Å². The van der Waals surface area contributed by atoms with Gasteiger partial charge in [-0.15, -0.1) is 0 Å². The molecule has 2 amide bonds. The monoisotopic (exact) mass is 389 g/mol. The van der Waals surface area contributed by atoms with Crippen molar-refractivity contribution in [2.75, 3.05) is 18.5 Å². The van der Waals surface area contributed by atoms with Gasteiger partial charge in [-0.2, -0.15) is 0 Å². The second-order valence-electron chi connectivity index (χ2n) is 6.99. The lowest BCUT2D eigenvalue weighted by Crippen LogP contribution is -2.32. The maximum Gasteiger partial charge on any atom is 0.255 e. The summed E-state index contributed by atoms with van der Waals surface area (Å²) >= 11 is 0. The molecular formula is C23H23N3O3. The molecule has 2 N–H and O–H groups in total. The molecular weight excluding hydrogens is 366 g/mol. The van der Waals surface area contributed by atoms with E-state index in [-0.39, 0.29) is 17.9 Å². The van der Waals surface area contributed by atoms with E-state index in [2.05, 4.69) is 10.6 Å². The molecule has 29 heavy (non-hydrogen) atoms. The molecule has 1 saturated heterocycles. The minimum absolute atomic E-state index is 0.0668. The summed E-state index contributed by atoms with van der Waals surface area (Å²) in [5.41, 5.74) is 2.32. The first kappa shape index (κ1) is 19.0. The van der Waals surface area contributed by atoms with Crippen LogP contribution in [-0.4, -0.2) is 35.6 Å². The van der Waals surface area contributed by atoms with E-state index < -0.39 is 0 Å². The van der Waals surface area contributed by atoms with Crippen molar-refractivity contribution in [1.82, 2.24) is 9.88 Å². The van der Waals surface area contributed by atoms with Crippen molar-refractivity contribution in [2.24, 2.45) is 0 Å². The van der Waals surface area contributed by atoms with E-state index in [1.807, 2.05) is 47.3 Å². The Hall–Kier alpha value is -3.38. The highest BCUT2D eigenvalue weighted by molar-refractivity contribution is 6.09. The molecule has 1 atom stereocenters. The predicted octanol–water partition coefficient (Wildman–Crippen LogP) is 3.64. The number of nitrogens with zero attached hydrogens (tertiary/aromatic N) is 1. The Balaban J connectivity index is 1.47. The normalized spacial score (nSPS) is 15.8. The Morgan fingerprint density at radius 2 is 1.83 bits per heavy atom. The Bertz CT molecular complexity index is 992. The van der Waals surface area contributed by atoms with Crippen LogP contribution in [0.15, 0.2) is 73.1 Å². The van der Waals surface area contributed by atoms with Gasteiger partial charge in [-0.3, -0.25) is 9.59 Å². The molecule has 0 bridgehead atoms. The molecule has 3 aromatic rings. The third-order valence-corrected chi connectivity index (χ3v) is 4.95. The number of benzene rings is 2. The van der Waals surface area contributed by atoms with Crippen molar-refractivity contribution < 1.29 is 14.3 Å². The van der Waals surface area contributed by atoms with Gasteiger partial charge < -0.3 is 19.9 Å². The molecule has 2 heterocycles. The number of aromatic nitrogens is 1. The van der Waals surface area contributed by atoms with Crippen LogP contribution in [0, 0.1) is 0 Å². The van der Waals surface area contributed by atoms with Crippen LogP contribution in [0.3, 0.4) is 0 Å². The summed E-state index contributed by atoms with van der Waals surface area (Å²) in [6.07, 6.45) is 5.89. The lowest BCUT2D eigenvalue weighted by atomic mass is 10.1. The highest BCUT2D eigenvalue weighted by atomic mass is 16.5. The number of hydrogen-bond donors (Lipinski definition) is 2. The number of rotatable bonds is 6. The predicted molar refractivity (Wildman–Crippen MR) is 111 cm³/mol. The first-order chi connectivity index (χ1) is 14.2. The van der Waals surface area contributed by atoms with Crippen LogP contribution in [0.2, 0.25) is 0 Å². The molecule has 1 aromatic heterocycles. The Morgan fingerprint density at radius 3 is 2.62 bits per heavy atom. The molecule has 2 aromatic carbocycles. The van der Waals surface area contributed by atoms with E-state index >= 15 is 0 Å². The van der Waals surface area contributed by atoms with Crippen molar-refractivity contribution in [3.63, 3.8) is 0 Å². The summed E-state index contributed by atoms with van der Waals surface area (Å²) in [6.45, 7) is 1.22. The van der Waals surface area contributed by atoms with Crippen molar-refractivity contribution in [3.8, 4) is 5.69 Å². The van der Waals surface area contributed by atoms with Crippen LogP contribution in [0.25, 0.3) is 5.69 Å². The largest absolute Gasteiger partial charge is 0.376 e. The maximum atomic E-state index is 12.8. The molecule has 0 aliphatic carbocycles. The van der Waals surface area contributed by atoms with Crippen LogP contribution in [0.1, 0.15) is 33.6 Å². The average Bonchev–Trinajstić information content (AvgIpc) is 3.47. The third kappa shape index (κ3) is 4.55. The zero-order chi connectivity index (χ0) is 20.1. The van der Waals surface area contributed by atoms with E-state index in [0.717, 1.165) is 25.1 Å². The fourth-order valence-electron chi connectivity index (χ4n) is 3.41. The van der Waals surface area contributed by atoms with E-state index in [0.29, 0.717) is 23.4 Å². The zero-order valence-corrected chi connectivity index (χ0v) is 16.0. The highest BCUT2D eigenvalue weighted by Crippen LogP contribution is 2.18. The number of carbonyl (C=O) groups excluding carboxylic acids is 2. The summed E-state index contributed by atoms with van der Waals surface area (Å²) in [5.74, 6) is -0.490. The molecule has 4 rings (SSSR count). The smallest absolute Gasteiger partial charge is 0.255 e. The van der Waals surface area contributed by atoms with Crippen molar-refractivity contribution in [2.45, 2.75) is 18.9 Å². The molecule has 1 aliphatic heterocycles. The fourth-order valence-corrected chi connectivity index (χ4v) is 3.41. The maximum absolute atomic E-state index is 12.8. The molecule has 6 heteroatoms. The van der Waals surface area contributed by atoms with Gasteiger partial charge in [-0.05, 0) is 55.3 Å². The van der Waals surface area contributed by atoms with Crippen molar-refractivity contribution in [1.29, 1.82) is 0 Å². The van der Waals surface area contributed by atoms with Gasteiger partial charge in [0, 0.05) is 36.8 Å². The number of ether oxygens (including phenoxy) is 1. The second-order valence-corrected chi connectivity index (χ2v) is 6.99. The lowest BCUT2D eigenvalue weighted by Gasteiger charge is -2.14. The van der Waals surface area contributed by atoms with Gasteiger partial charge in [0.15, 0.2) is 0 Å². The first-order valence-electron chi connectivity index (χ1n) is 9.74. The SMILES string of the molecule is O=C(Nc1ccccc1C(=O)NCC1CCCO1)c1cccc(-n2cccc2)c1. The summed E-state index contributed by atoms with van der Waals surface area (Å²) in [6, 6.07) is 18.2. The van der Waals surface area contributed by atoms with E-state index in [4.69, 9.17) is 4.74 Å².